The number of hydrogen-bond donors (Lipinski definition) is 4. The molecule has 4 N–H and O–H groups in total. The molecule has 0 aliphatic heterocycles. The fourth-order valence-electron chi connectivity index (χ4n) is 2.84. The molecule has 3 aromatic carbocycles. The molecule has 0 aliphatic rings. The van der Waals surface area contributed by atoms with Crippen molar-refractivity contribution in [3.63, 3.8) is 0 Å². The van der Waals surface area contributed by atoms with Crippen LogP contribution in [0.2, 0.25) is 0 Å². The van der Waals surface area contributed by atoms with Crippen LogP contribution < -0.4 is 10.0 Å². The van der Waals surface area contributed by atoms with Gasteiger partial charge in [-0.1, -0.05) is 25.1 Å². The van der Waals surface area contributed by atoms with Gasteiger partial charge in [-0.05, 0) is 35.7 Å². The first-order chi connectivity index (χ1) is 14.8. The fraction of sp³-hybridized carbons (Fsp3) is 0.150. The van der Waals surface area contributed by atoms with Gasteiger partial charge in [-0.15, -0.1) is 10.2 Å². The SMILES string of the molecule is CCNS(=O)(=O)c1ccc(O)c(N=Nc2c(O)ccc3cccc(NC(=O)OC)c23)c1. The van der Waals surface area contributed by atoms with E-state index in [1.54, 1.807) is 31.2 Å². The molecule has 0 saturated heterocycles. The highest BCUT2D eigenvalue weighted by Gasteiger charge is 2.16. The Balaban J connectivity index is 2.12. The Kier molecular flexibility index (Phi) is 6.37. The van der Waals surface area contributed by atoms with Gasteiger partial charge in [-0.2, -0.15) is 0 Å². The number of anilines is 1. The highest BCUT2D eigenvalue weighted by Crippen LogP contribution is 2.41. The number of methoxy groups -OCH3 is 1. The molecule has 0 unspecified atom stereocenters. The summed E-state index contributed by atoms with van der Waals surface area (Å²) in [7, 11) is -2.55. The molecule has 11 heteroatoms. The van der Waals surface area contributed by atoms with Gasteiger partial charge in [0, 0.05) is 11.9 Å². The van der Waals surface area contributed by atoms with E-state index >= 15 is 0 Å². The molecule has 0 bridgehead atoms. The lowest BCUT2D eigenvalue weighted by Crippen LogP contribution is -2.22. The first kappa shape index (κ1) is 22.0. The van der Waals surface area contributed by atoms with Crippen LogP contribution in [-0.2, 0) is 14.8 Å². The van der Waals surface area contributed by atoms with E-state index < -0.39 is 16.1 Å². The average molecular weight is 444 g/mol. The molecule has 0 saturated carbocycles. The molecule has 0 spiro atoms. The predicted molar refractivity (Wildman–Crippen MR) is 115 cm³/mol. The van der Waals surface area contributed by atoms with Gasteiger partial charge in [0.1, 0.15) is 22.9 Å². The Morgan fingerprint density at radius 1 is 1.06 bits per heavy atom. The number of phenolic OH excluding ortho intramolecular Hbond substituents is 2. The minimum absolute atomic E-state index is 0.0175. The summed E-state index contributed by atoms with van der Waals surface area (Å²) in [6, 6.07) is 11.7. The van der Waals surface area contributed by atoms with E-state index in [2.05, 4.69) is 25.0 Å². The van der Waals surface area contributed by atoms with Crippen molar-refractivity contribution < 1.29 is 28.2 Å². The van der Waals surface area contributed by atoms with E-state index in [9.17, 15) is 23.4 Å². The maximum Gasteiger partial charge on any atom is 0.411 e. The lowest BCUT2D eigenvalue weighted by atomic mass is 10.1. The Hall–Kier alpha value is -3.70. The van der Waals surface area contributed by atoms with Gasteiger partial charge in [0.2, 0.25) is 10.0 Å². The molecular formula is C20H20N4O6S. The standard InChI is InChI=1S/C20H20N4O6S/c1-3-21-31(28,29)13-8-10-16(25)15(11-13)23-24-19-17(26)9-7-12-5-4-6-14(18(12)19)22-20(27)30-2/h4-11,21,25-26H,3H2,1-2H3,(H,22,27). The summed E-state index contributed by atoms with van der Waals surface area (Å²) < 4.78 is 31.4. The van der Waals surface area contributed by atoms with E-state index in [1.165, 1.54) is 25.3 Å². The van der Waals surface area contributed by atoms with Crippen LogP contribution >= 0.6 is 0 Å². The largest absolute Gasteiger partial charge is 0.506 e. The highest BCUT2D eigenvalue weighted by molar-refractivity contribution is 7.89. The van der Waals surface area contributed by atoms with Crippen LogP contribution in [0, 0.1) is 0 Å². The van der Waals surface area contributed by atoms with E-state index in [1.807, 2.05) is 0 Å². The smallest absolute Gasteiger partial charge is 0.411 e. The minimum atomic E-state index is -3.77. The van der Waals surface area contributed by atoms with Crippen LogP contribution in [0.1, 0.15) is 6.92 Å². The maximum absolute atomic E-state index is 12.2. The number of amides is 1. The van der Waals surface area contributed by atoms with Crippen molar-refractivity contribution >= 4 is 44.0 Å². The third kappa shape index (κ3) is 4.73. The third-order valence-corrected chi connectivity index (χ3v) is 5.81. The number of ether oxygens (including phenoxy) is 1. The van der Waals surface area contributed by atoms with Crippen molar-refractivity contribution in [2.45, 2.75) is 11.8 Å². The molecular weight excluding hydrogens is 424 g/mol. The molecule has 3 rings (SSSR count). The lowest BCUT2D eigenvalue weighted by Gasteiger charge is -2.11. The first-order valence-corrected chi connectivity index (χ1v) is 10.6. The van der Waals surface area contributed by atoms with Crippen LogP contribution in [0.5, 0.6) is 11.5 Å². The number of fused-ring (bicyclic) bond motifs is 1. The number of rotatable bonds is 6. The normalized spacial score (nSPS) is 11.7. The van der Waals surface area contributed by atoms with Gasteiger partial charge in [-0.25, -0.2) is 17.9 Å². The number of azo groups is 1. The van der Waals surface area contributed by atoms with Crippen molar-refractivity contribution in [1.29, 1.82) is 0 Å². The molecule has 0 aliphatic carbocycles. The van der Waals surface area contributed by atoms with E-state index in [0.717, 1.165) is 6.07 Å². The van der Waals surface area contributed by atoms with Crippen molar-refractivity contribution in [3.8, 4) is 11.5 Å². The van der Waals surface area contributed by atoms with Gasteiger partial charge in [0.15, 0.2) is 0 Å². The number of carbonyl (C=O) groups excluding carboxylic acids is 1. The molecule has 0 heterocycles. The van der Waals surface area contributed by atoms with Gasteiger partial charge >= 0.3 is 6.09 Å². The zero-order valence-corrected chi connectivity index (χ0v) is 17.5. The van der Waals surface area contributed by atoms with Crippen LogP contribution in [0.15, 0.2) is 63.7 Å². The number of aromatic hydroxyl groups is 2. The van der Waals surface area contributed by atoms with Crippen LogP contribution in [0.4, 0.5) is 21.9 Å². The number of nitrogens with one attached hydrogen (secondary N) is 2. The highest BCUT2D eigenvalue weighted by atomic mass is 32.2. The van der Waals surface area contributed by atoms with Crippen LogP contribution in [0.25, 0.3) is 10.8 Å². The van der Waals surface area contributed by atoms with Gasteiger partial charge in [0.05, 0.1) is 17.7 Å². The molecule has 0 atom stereocenters. The lowest BCUT2D eigenvalue weighted by molar-refractivity contribution is 0.187. The quantitative estimate of drug-likeness (QED) is 0.420. The van der Waals surface area contributed by atoms with Crippen molar-refractivity contribution in [2.24, 2.45) is 10.2 Å². The topological polar surface area (TPSA) is 150 Å². The van der Waals surface area contributed by atoms with Gasteiger partial charge in [-0.3, -0.25) is 5.32 Å². The average Bonchev–Trinajstić information content (AvgIpc) is 2.74. The number of phenols is 2. The Morgan fingerprint density at radius 3 is 2.52 bits per heavy atom. The van der Waals surface area contributed by atoms with E-state index in [4.69, 9.17) is 0 Å². The summed E-state index contributed by atoms with van der Waals surface area (Å²) in [5, 5.41) is 32.0. The van der Waals surface area contributed by atoms with Gasteiger partial charge in [0.25, 0.3) is 0 Å². The third-order valence-electron chi connectivity index (χ3n) is 4.27. The monoisotopic (exact) mass is 444 g/mol. The number of nitrogens with zero attached hydrogens (tertiary/aromatic N) is 2. The Bertz CT molecular complexity index is 1270. The summed E-state index contributed by atoms with van der Waals surface area (Å²) in [6.07, 6.45) is -0.710. The summed E-state index contributed by atoms with van der Waals surface area (Å²) in [5.41, 5.74) is 0.222. The summed E-state index contributed by atoms with van der Waals surface area (Å²) >= 11 is 0. The Morgan fingerprint density at radius 2 is 1.81 bits per heavy atom. The summed E-state index contributed by atoms with van der Waals surface area (Å²) in [4.78, 5) is 11.6. The Labute approximate surface area is 178 Å². The van der Waals surface area contributed by atoms with E-state index in [-0.39, 0.29) is 34.3 Å². The molecule has 0 aromatic heterocycles. The second kappa shape index (κ2) is 8.98. The molecule has 0 fully saturated rings. The number of hydrogen-bond acceptors (Lipinski definition) is 8. The second-order valence-electron chi connectivity index (χ2n) is 6.31. The minimum Gasteiger partial charge on any atom is -0.506 e. The van der Waals surface area contributed by atoms with E-state index in [0.29, 0.717) is 16.5 Å². The second-order valence-corrected chi connectivity index (χ2v) is 8.07. The van der Waals surface area contributed by atoms with Crippen molar-refractivity contribution in [1.82, 2.24) is 4.72 Å². The van der Waals surface area contributed by atoms with Gasteiger partial charge < -0.3 is 14.9 Å². The molecule has 31 heavy (non-hydrogen) atoms. The molecule has 10 nitrogen and oxygen atoms in total. The van der Waals surface area contributed by atoms with Crippen molar-refractivity contribution in [2.75, 3.05) is 19.0 Å². The van der Waals surface area contributed by atoms with Crippen LogP contribution in [0.3, 0.4) is 0 Å². The molecule has 3 aromatic rings. The summed E-state index contributed by atoms with van der Waals surface area (Å²) in [6.45, 7) is 1.84. The number of benzene rings is 3. The number of sulfonamides is 1. The first-order valence-electron chi connectivity index (χ1n) is 9.11. The molecule has 162 valence electrons. The van der Waals surface area contributed by atoms with Crippen LogP contribution in [-0.4, -0.2) is 38.4 Å². The predicted octanol–water partition coefficient (Wildman–Crippen LogP) is 4.14. The number of carbonyl (C=O) groups is 1. The summed E-state index contributed by atoms with van der Waals surface area (Å²) in [5.74, 6) is -0.530. The zero-order valence-electron chi connectivity index (χ0n) is 16.7. The fourth-order valence-corrected chi connectivity index (χ4v) is 3.90. The zero-order chi connectivity index (χ0) is 22.6. The maximum atomic E-state index is 12.2. The van der Waals surface area contributed by atoms with Crippen molar-refractivity contribution in [3.05, 3.63) is 48.5 Å². The molecule has 0 radical (unpaired) electrons. The molecule has 1 amide bonds.